The zero-order valence-corrected chi connectivity index (χ0v) is 12.4. The Kier molecular flexibility index (Phi) is 4.18. The molecular formula is C17H24O2. The first kappa shape index (κ1) is 14.0. The number of phenolic OH excluding ortho intramolecular Hbond substituents is 1. The van der Waals surface area contributed by atoms with E-state index in [0.29, 0.717) is 11.7 Å². The van der Waals surface area contributed by atoms with Crippen LogP contribution in [0.5, 0.6) is 11.5 Å². The Labute approximate surface area is 116 Å². The van der Waals surface area contributed by atoms with E-state index in [0.717, 1.165) is 36.1 Å². The minimum Gasteiger partial charge on any atom is -0.508 e. The van der Waals surface area contributed by atoms with E-state index >= 15 is 0 Å². The van der Waals surface area contributed by atoms with E-state index in [1.165, 1.54) is 5.57 Å². The van der Waals surface area contributed by atoms with E-state index in [9.17, 15) is 5.11 Å². The van der Waals surface area contributed by atoms with Crippen molar-refractivity contribution in [1.82, 2.24) is 0 Å². The highest BCUT2D eigenvalue weighted by molar-refractivity contribution is 5.50. The molecule has 0 heterocycles. The Hall–Kier alpha value is -1.44. The largest absolute Gasteiger partial charge is 0.508 e. The number of aryl methyl sites for hydroxylation is 1. The maximum Gasteiger partial charge on any atom is 0.127 e. The zero-order chi connectivity index (χ0) is 14.0. The average Bonchev–Trinajstić information content (AvgIpc) is 2.26. The molecule has 1 aromatic rings. The molecule has 0 spiro atoms. The fourth-order valence-corrected chi connectivity index (χ4v) is 2.86. The maximum absolute atomic E-state index is 10.3. The lowest BCUT2D eigenvalue weighted by Crippen LogP contribution is -2.11. The monoisotopic (exact) mass is 260 g/mol. The second-order valence-corrected chi connectivity index (χ2v) is 5.89. The molecule has 19 heavy (non-hydrogen) atoms. The quantitative estimate of drug-likeness (QED) is 0.798. The number of benzene rings is 1. The molecule has 0 aliphatic heterocycles. The van der Waals surface area contributed by atoms with Gasteiger partial charge in [0.15, 0.2) is 0 Å². The van der Waals surface area contributed by atoms with Crippen LogP contribution in [-0.4, -0.2) is 11.2 Å². The molecule has 104 valence electrons. The van der Waals surface area contributed by atoms with Crippen LogP contribution in [-0.2, 0) is 0 Å². The van der Waals surface area contributed by atoms with Crippen LogP contribution in [0.2, 0.25) is 0 Å². The van der Waals surface area contributed by atoms with Gasteiger partial charge in [-0.15, -0.1) is 0 Å². The molecule has 0 radical (unpaired) electrons. The van der Waals surface area contributed by atoms with Gasteiger partial charge in [-0.3, -0.25) is 0 Å². The van der Waals surface area contributed by atoms with Crippen molar-refractivity contribution < 1.29 is 9.84 Å². The van der Waals surface area contributed by atoms with E-state index in [4.69, 9.17) is 4.74 Å². The summed E-state index contributed by atoms with van der Waals surface area (Å²) in [7, 11) is 0. The van der Waals surface area contributed by atoms with Gasteiger partial charge in [-0.1, -0.05) is 11.6 Å². The highest BCUT2D eigenvalue weighted by Gasteiger charge is 2.23. The molecule has 1 aliphatic carbocycles. The molecular weight excluding hydrogens is 236 g/mol. The van der Waals surface area contributed by atoms with Crippen LogP contribution in [0.4, 0.5) is 0 Å². The Morgan fingerprint density at radius 2 is 2.00 bits per heavy atom. The maximum atomic E-state index is 10.3. The molecule has 1 aromatic carbocycles. The van der Waals surface area contributed by atoms with Gasteiger partial charge in [0.1, 0.15) is 11.5 Å². The van der Waals surface area contributed by atoms with Crippen LogP contribution in [0.25, 0.3) is 0 Å². The Morgan fingerprint density at radius 3 is 2.63 bits per heavy atom. The van der Waals surface area contributed by atoms with Crippen LogP contribution in [0.15, 0.2) is 23.8 Å². The first-order valence-corrected chi connectivity index (χ1v) is 7.13. The number of hydrogen-bond acceptors (Lipinski definition) is 2. The first-order valence-electron chi connectivity index (χ1n) is 7.13. The van der Waals surface area contributed by atoms with Crippen LogP contribution >= 0.6 is 0 Å². The second kappa shape index (κ2) is 5.68. The van der Waals surface area contributed by atoms with E-state index in [1.807, 2.05) is 32.9 Å². The van der Waals surface area contributed by atoms with Gasteiger partial charge in [-0.25, -0.2) is 0 Å². The van der Waals surface area contributed by atoms with Crippen molar-refractivity contribution in [2.75, 3.05) is 0 Å². The summed E-state index contributed by atoms with van der Waals surface area (Å²) in [5.41, 5.74) is 3.44. The Bertz CT molecular complexity index is 486. The summed E-state index contributed by atoms with van der Waals surface area (Å²) >= 11 is 0. The normalized spacial score (nSPS) is 19.4. The van der Waals surface area contributed by atoms with E-state index in [1.54, 1.807) is 0 Å². The summed E-state index contributed by atoms with van der Waals surface area (Å²) in [5, 5.41) is 10.3. The van der Waals surface area contributed by atoms with Crippen molar-refractivity contribution in [2.24, 2.45) is 0 Å². The summed E-state index contributed by atoms with van der Waals surface area (Å²) in [4.78, 5) is 0. The lowest BCUT2D eigenvalue weighted by Gasteiger charge is -2.26. The summed E-state index contributed by atoms with van der Waals surface area (Å²) in [6.45, 7) is 8.20. The SMILES string of the molecule is CC1=CCC[C@H](c2c(O)cc(C)cc2OC(C)C)C1. The molecule has 0 bridgehead atoms. The number of ether oxygens (including phenoxy) is 1. The van der Waals surface area contributed by atoms with Gasteiger partial charge in [-0.05, 0) is 70.6 Å². The lowest BCUT2D eigenvalue weighted by molar-refractivity contribution is 0.236. The van der Waals surface area contributed by atoms with Gasteiger partial charge >= 0.3 is 0 Å². The summed E-state index contributed by atoms with van der Waals surface area (Å²) in [6.07, 6.45) is 5.61. The Balaban J connectivity index is 2.39. The second-order valence-electron chi connectivity index (χ2n) is 5.89. The van der Waals surface area contributed by atoms with Crippen LogP contribution < -0.4 is 4.74 Å². The van der Waals surface area contributed by atoms with Gasteiger partial charge in [0.05, 0.1) is 6.10 Å². The molecule has 0 unspecified atom stereocenters. The van der Waals surface area contributed by atoms with E-state index < -0.39 is 0 Å². The van der Waals surface area contributed by atoms with Gasteiger partial charge in [0.25, 0.3) is 0 Å². The summed E-state index contributed by atoms with van der Waals surface area (Å²) < 4.78 is 5.92. The van der Waals surface area contributed by atoms with Crippen molar-refractivity contribution in [3.8, 4) is 11.5 Å². The predicted octanol–water partition coefficient (Wildman–Crippen LogP) is 4.70. The number of aromatic hydroxyl groups is 1. The molecule has 0 aromatic heterocycles. The van der Waals surface area contributed by atoms with Gasteiger partial charge < -0.3 is 9.84 Å². The zero-order valence-electron chi connectivity index (χ0n) is 12.4. The van der Waals surface area contributed by atoms with Crippen molar-refractivity contribution in [3.63, 3.8) is 0 Å². The molecule has 1 atom stereocenters. The minimum absolute atomic E-state index is 0.125. The number of rotatable bonds is 3. The van der Waals surface area contributed by atoms with Crippen molar-refractivity contribution in [2.45, 2.75) is 59.0 Å². The number of hydrogen-bond donors (Lipinski definition) is 1. The number of allylic oxidation sites excluding steroid dienone is 2. The summed E-state index contributed by atoms with van der Waals surface area (Å²) in [5.74, 6) is 1.61. The van der Waals surface area contributed by atoms with Crippen molar-refractivity contribution in [3.05, 3.63) is 34.9 Å². The van der Waals surface area contributed by atoms with E-state index in [-0.39, 0.29) is 6.10 Å². The third-order valence-electron chi connectivity index (χ3n) is 3.61. The Morgan fingerprint density at radius 1 is 1.26 bits per heavy atom. The van der Waals surface area contributed by atoms with Gasteiger partial charge in [0, 0.05) is 5.56 Å². The fraction of sp³-hybridized carbons (Fsp3) is 0.529. The lowest BCUT2D eigenvalue weighted by atomic mass is 9.83. The molecule has 0 saturated carbocycles. The predicted molar refractivity (Wildman–Crippen MR) is 79.0 cm³/mol. The highest BCUT2D eigenvalue weighted by atomic mass is 16.5. The van der Waals surface area contributed by atoms with E-state index in [2.05, 4.69) is 13.0 Å². The molecule has 2 rings (SSSR count). The summed E-state index contributed by atoms with van der Waals surface area (Å²) in [6, 6.07) is 3.89. The standard InChI is InChI=1S/C17H24O2/c1-11(2)19-16-10-13(4)9-15(18)17(16)14-7-5-6-12(3)8-14/h6,9-11,14,18H,5,7-8H2,1-4H3/t14-/m0/s1. The molecule has 2 nitrogen and oxygen atoms in total. The first-order chi connectivity index (χ1) is 8.97. The molecule has 0 fully saturated rings. The van der Waals surface area contributed by atoms with Crippen LogP contribution in [0.1, 0.15) is 57.1 Å². The third-order valence-corrected chi connectivity index (χ3v) is 3.61. The molecule has 2 heteroatoms. The fourth-order valence-electron chi connectivity index (χ4n) is 2.86. The average molecular weight is 260 g/mol. The van der Waals surface area contributed by atoms with Crippen LogP contribution in [0.3, 0.4) is 0 Å². The molecule has 0 amide bonds. The van der Waals surface area contributed by atoms with Gasteiger partial charge in [0.2, 0.25) is 0 Å². The molecule has 1 aliphatic rings. The minimum atomic E-state index is 0.125. The number of phenols is 1. The molecule has 0 saturated heterocycles. The van der Waals surface area contributed by atoms with Crippen LogP contribution in [0, 0.1) is 6.92 Å². The topological polar surface area (TPSA) is 29.5 Å². The third kappa shape index (κ3) is 3.31. The van der Waals surface area contributed by atoms with Crippen molar-refractivity contribution in [1.29, 1.82) is 0 Å². The highest BCUT2D eigenvalue weighted by Crippen LogP contribution is 2.43. The smallest absolute Gasteiger partial charge is 0.127 e. The molecule has 1 N–H and O–H groups in total. The van der Waals surface area contributed by atoms with Gasteiger partial charge in [-0.2, -0.15) is 0 Å². The van der Waals surface area contributed by atoms with Crippen molar-refractivity contribution >= 4 is 0 Å².